The van der Waals surface area contributed by atoms with Crippen LogP contribution < -0.4 is 0 Å². The third-order valence-corrected chi connectivity index (χ3v) is 4.52. The van der Waals surface area contributed by atoms with E-state index in [0.29, 0.717) is 5.56 Å². The number of hydrogen-bond donors (Lipinski definition) is 1. The number of Topliss-reactive ketones (excluding diaryl/α,β-unsaturated/α-hetero) is 3. The molecule has 3 rings (SSSR count). The lowest BCUT2D eigenvalue weighted by Crippen LogP contribution is -2.40. The molecular weight excluding hydrogens is 352 g/mol. The van der Waals surface area contributed by atoms with Crippen LogP contribution in [0.2, 0.25) is 0 Å². The standard InChI is InChI=1S/C20H16O7/c1-9(21)6-11-4-3-5-13-16(11)19(24)17-14(18(13)23)7-12(20(25)26)8-15(17)27-10(2)22/h3-5,7-8,14,17H,6H2,1-2H3,(H,25,26). The van der Waals surface area contributed by atoms with E-state index in [2.05, 4.69) is 0 Å². The molecule has 1 aromatic carbocycles. The molecule has 0 heterocycles. The Bertz CT molecular complexity index is 965. The highest BCUT2D eigenvalue weighted by molar-refractivity contribution is 6.19. The minimum atomic E-state index is -1.30. The van der Waals surface area contributed by atoms with Crippen molar-refractivity contribution in [2.45, 2.75) is 20.3 Å². The first kappa shape index (κ1) is 18.4. The Kier molecular flexibility index (Phi) is 4.61. The second-order valence-electron chi connectivity index (χ2n) is 6.52. The SMILES string of the molecule is CC(=O)Cc1cccc2c1C(=O)C1C(OC(C)=O)=CC(C(=O)O)=CC1C2=O. The van der Waals surface area contributed by atoms with Crippen molar-refractivity contribution in [3.05, 3.63) is 58.4 Å². The lowest BCUT2D eigenvalue weighted by atomic mass is 9.69. The number of ether oxygens (including phenoxy) is 1. The van der Waals surface area contributed by atoms with E-state index >= 15 is 0 Å². The summed E-state index contributed by atoms with van der Waals surface area (Å²) >= 11 is 0. The maximum atomic E-state index is 13.2. The molecule has 1 aromatic rings. The third-order valence-electron chi connectivity index (χ3n) is 4.52. The molecule has 0 bridgehead atoms. The van der Waals surface area contributed by atoms with Crippen molar-refractivity contribution in [1.29, 1.82) is 0 Å². The van der Waals surface area contributed by atoms with Crippen LogP contribution in [0.5, 0.6) is 0 Å². The van der Waals surface area contributed by atoms with Crippen LogP contribution in [0.25, 0.3) is 0 Å². The Labute approximate surface area is 154 Å². The zero-order chi connectivity index (χ0) is 19.9. The van der Waals surface area contributed by atoms with Crippen molar-refractivity contribution >= 4 is 29.3 Å². The number of rotatable bonds is 4. The largest absolute Gasteiger partial charge is 0.478 e. The molecule has 0 saturated heterocycles. The fraction of sp³-hybridized carbons (Fsp3) is 0.250. The average molecular weight is 368 g/mol. The number of carboxylic acid groups (broad SMARTS) is 1. The molecule has 2 unspecified atom stereocenters. The predicted molar refractivity (Wildman–Crippen MR) is 92.0 cm³/mol. The van der Waals surface area contributed by atoms with Crippen molar-refractivity contribution < 1.29 is 33.8 Å². The second-order valence-corrected chi connectivity index (χ2v) is 6.52. The Morgan fingerprint density at radius 2 is 1.81 bits per heavy atom. The molecule has 138 valence electrons. The minimum absolute atomic E-state index is 0.0115. The summed E-state index contributed by atoms with van der Waals surface area (Å²) in [6, 6.07) is 4.66. The summed E-state index contributed by atoms with van der Waals surface area (Å²) in [5.41, 5.74) is 0.471. The van der Waals surface area contributed by atoms with E-state index in [9.17, 15) is 29.1 Å². The van der Waals surface area contributed by atoms with Gasteiger partial charge in [0.25, 0.3) is 0 Å². The van der Waals surface area contributed by atoms with Gasteiger partial charge in [0.15, 0.2) is 11.6 Å². The first-order chi connectivity index (χ1) is 12.7. The molecule has 0 radical (unpaired) electrons. The van der Waals surface area contributed by atoms with Crippen molar-refractivity contribution in [2.75, 3.05) is 0 Å². The quantitative estimate of drug-likeness (QED) is 0.807. The molecule has 2 aliphatic rings. The van der Waals surface area contributed by atoms with Crippen molar-refractivity contribution in [3.63, 3.8) is 0 Å². The number of carbonyl (C=O) groups excluding carboxylic acids is 4. The number of benzene rings is 1. The van der Waals surface area contributed by atoms with E-state index in [1.54, 1.807) is 12.1 Å². The van der Waals surface area contributed by atoms with Crippen molar-refractivity contribution in [3.8, 4) is 0 Å². The maximum absolute atomic E-state index is 13.2. The van der Waals surface area contributed by atoms with Crippen LogP contribution in [0.15, 0.2) is 41.7 Å². The van der Waals surface area contributed by atoms with E-state index in [-0.39, 0.29) is 34.7 Å². The Hall–Kier alpha value is -3.35. The minimum Gasteiger partial charge on any atom is -0.478 e. The highest BCUT2D eigenvalue weighted by atomic mass is 16.5. The molecule has 1 N–H and O–H groups in total. The van der Waals surface area contributed by atoms with Gasteiger partial charge in [-0.1, -0.05) is 24.3 Å². The van der Waals surface area contributed by atoms with Gasteiger partial charge >= 0.3 is 11.9 Å². The van der Waals surface area contributed by atoms with Gasteiger partial charge in [-0.05, 0) is 18.6 Å². The van der Waals surface area contributed by atoms with Gasteiger partial charge in [-0.3, -0.25) is 19.2 Å². The number of carbonyl (C=O) groups is 5. The Balaban J connectivity index is 2.19. The van der Waals surface area contributed by atoms with Crippen LogP contribution in [0.3, 0.4) is 0 Å². The fourth-order valence-electron chi connectivity index (χ4n) is 3.52. The normalized spacial score (nSPS) is 20.8. The summed E-state index contributed by atoms with van der Waals surface area (Å²) in [4.78, 5) is 60.6. The van der Waals surface area contributed by atoms with E-state index in [1.807, 2.05) is 0 Å². The number of allylic oxidation sites excluding steroid dienone is 2. The molecule has 7 nitrogen and oxygen atoms in total. The molecular formula is C20H16O7. The number of ketones is 3. The topological polar surface area (TPSA) is 115 Å². The molecule has 0 fully saturated rings. The van der Waals surface area contributed by atoms with Crippen molar-refractivity contribution in [2.24, 2.45) is 11.8 Å². The summed E-state index contributed by atoms with van der Waals surface area (Å²) < 4.78 is 5.07. The van der Waals surface area contributed by atoms with E-state index < -0.39 is 35.3 Å². The molecule has 0 amide bonds. The fourth-order valence-corrected chi connectivity index (χ4v) is 3.52. The van der Waals surface area contributed by atoms with Gasteiger partial charge in [-0.25, -0.2) is 4.79 Å². The lowest BCUT2D eigenvalue weighted by molar-refractivity contribution is -0.138. The second kappa shape index (κ2) is 6.75. The van der Waals surface area contributed by atoms with Crippen LogP contribution in [0.1, 0.15) is 40.1 Å². The zero-order valence-corrected chi connectivity index (χ0v) is 14.6. The van der Waals surface area contributed by atoms with E-state index in [4.69, 9.17) is 4.74 Å². The Morgan fingerprint density at radius 3 is 2.41 bits per heavy atom. The van der Waals surface area contributed by atoms with E-state index in [0.717, 1.165) is 13.0 Å². The van der Waals surface area contributed by atoms with Gasteiger partial charge in [-0.2, -0.15) is 0 Å². The van der Waals surface area contributed by atoms with Crippen LogP contribution in [0, 0.1) is 11.8 Å². The summed E-state index contributed by atoms with van der Waals surface area (Å²) in [5, 5.41) is 9.28. The van der Waals surface area contributed by atoms with Gasteiger partial charge in [0, 0.05) is 24.5 Å². The van der Waals surface area contributed by atoms with Crippen LogP contribution in [-0.2, 0) is 25.5 Å². The first-order valence-electron chi connectivity index (χ1n) is 8.25. The van der Waals surface area contributed by atoms with Crippen molar-refractivity contribution in [1.82, 2.24) is 0 Å². The summed E-state index contributed by atoms with van der Waals surface area (Å²) in [5.74, 6) is -5.50. The van der Waals surface area contributed by atoms with Gasteiger partial charge < -0.3 is 9.84 Å². The van der Waals surface area contributed by atoms with Crippen LogP contribution in [0.4, 0.5) is 0 Å². The maximum Gasteiger partial charge on any atom is 0.335 e. The molecule has 0 spiro atoms. The Morgan fingerprint density at radius 1 is 1.11 bits per heavy atom. The first-order valence-corrected chi connectivity index (χ1v) is 8.25. The highest BCUT2D eigenvalue weighted by Crippen LogP contribution is 2.40. The smallest absolute Gasteiger partial charge is 0.335 e. The molecule has 0 aliphatic heterocycles. The van der Waals surface area contributed by atoms with Gasteiger partial charge in [0.05, 0.1) is 17.4 Å². The number of esters is 1. The molecule has 2 aliphatic carbocycles. The average Bonchev–Trinajstić information content (AvgIpc) is 2.57. The third kappa shape index (κ3) is 3.23. The predicted octanol–water partition coefficient (Wildman–Crippen LogP) is 1.90. The summed E-state index contributed by atoms with van der Waals surface area (Å²) in [7, 11) is 0. The number of aliphatic carboxylic acids is 1. The van der Waals surface area contributed by atoms with Crippen LogP contribution >= 0.6 is 0 Å². The molecule has 27 heavy (non-hydrogen) atoms. The molecule has 7 heteroatoms. The number of hydrogen-bond acceptors (Lipinski definition) is 6. The number of fused-ring (bicyclic) bond motifs is 2. The molecule has 2 atom stereocenters. The summed E-state index contributed by atoms with van der Waals surface area (Å²) in [6.45, 7) is 2.50. The van der Waals surface area contributed by atoms with Crippen LogP contribution in [-0.4, -0.2) is 34.4 Å². The summed E-state index contributed by atoms with van der Waals surface area (Å²) in [6.07, 6.45) is 2.29. The molecule has 0 aromatic heterocycles. The van der Waals surface area contributed by atoms with Gasteiger partial charge in [0.1, 0.15) is 11.5 Å². The van der Waals surface area contributed by atoms with E-state index in [1.165, 1.54) is 19.1 Å². The number of carboxylic acids is 1. The monoisotopic (exact) mass is 368 g/mol. The van der Waals surface area contributed by atoms with Gasteiger partial charge in [0.2, 0.25) is 0 Å². The highest BCUT2D eigenvalue weighted by Gasteiger charge is 2.46. The van der Waals surface area contributed by atoms with Gasteiger partial charge in [-0.15, -0.1) is 0 Å². The lowest BCUT2D eigenvalue weighted by Gasteiger charge is -2.33. The molecule has 0 saturated carbocycles. The zero-order valence-electron chi connectivity index (χ0n) is 14.6.